The molecule has 2 aromatic rings. The number of aromatic nitrogens is 1. The van der Waals surface area contributed by atoms with Gasteiger partial charge in [-0.3, -0.25) is 9.78 Å². The van der Waals surface area contributed by atoms with Crippen LogP contribution in [-0.2, 0) is 10.5 Å². The van der Waals surface area contributed by atoms with Gasteiger partial charge in [0.05, 0.1) is 18.6 Å². The third-order valence-electron chi connectivity index (χ3n) is 2.85. The topological polar surface area (TPSA) is 75.4 Å². The highest BCUT2D eigenvalue weighted by molar-refractivity contribution is 7.98. The van der Waals surface area contributed by atoms with Crippen molar-refractivity contribution in [3.05, 3.63) is 54.2 Å². The summed E-state index contributed by atoms with van der Waals surface area (Å²) in [5, 5.41) is 12.0. The standard InChI is InChI=1S/C15H18N2O3S/c18-10-13(14-5-3-8-20-14)17-15(19)6-9-21-11-12-4-1-2-7-16-12/h1-5,7-8,13,18H,6,9-11H2,(H,17,19). The Hall–Kier alpha value is -1.79. The number of pyridine rings is 1. The number of aliphatic hydroxyl groups excluding tert-OH is 1. The van der Waals surface area contributed by atoms with Crippen molar-refractivity contribution in [3.8, 4) is 0 Å². The van der Waals surface area contributed by atoms with E-state index in [0.717, 1.165) is 11.4 Å². The van der Waals surface area contributed by atoms with E-state index in [4.69, 9.17) is 4.42 Å². The maximum atomic E-state index is 11.8. The number of thioether (sulfide) groups is 1. The molecule has 6 heteroatoms. The smallest absolute Gasteiger partial charge is 0.221 e. The molecule has 0 spiro atoms. The van der Waals surface area contributed by atoms with E-state index < -0.39 is 6.04 Å². The van der Waals surface area contributed by atoms with Crippen LogP contribution in [0.15, 0.2) is 47.2 Å². The molecule has 0 fully saturated rings. The lowest BCUT2D eigenvalue weighted by Gasteiger charge is -2.13. The third-order valence-corrected chi connectivity index (χ3v) is 3.85. The van der Waals surface area contributed by atoms with E-state index in [1.54, 1.807) is 30.1 Å². The number of aliphatic hydroxyl groups is 1. The summed E-state index contributed by atoms with van der Waals surface area (Å²) in [7, 11) is 0. The van der Waals surface area contributed by atoms with Gasteiger partial charge in [0.25, 0.3) is 0 Å². The minimum Gasteiger partial charge on any atom is -0.467 e. The first-order valence-electron chi connectivity index (χ1n) is 6.71. The van der Waals surface area contributed by atoms with Crippen LogP contribution in [0.2, 0.25) is 0 Å². The van der Waals surface area contributed by atoms with Gasteiger partial charge in [-0.2, -0.15) is 11.8 Å². The molecular weight excluding hydrogens is 288 g/mol. The summed E-state index contributed by atoms with van der Waals surface area (Å²) < 4.78 is 5.18. The van der Waals surface area contributed by atoms with Gasteiger partial charge in [0, 0.05) is 24.1 Å². The summed E-state index contributed by atoms with van der Waals surface area (Å²) in [6.45, 7) is -0.180. The van der Waals surface area contributed by atoms with Crippen molar-refractivity contribution in [1.29, 1.82) is 0 Å². The summed E-state index contributed by atoms with van der Waals surface area (Å²) in [5.74, 6) is 1.96. The van der Waals surface area contributed by atoms with Crippen LogP contribution in [0.25, 0.3) is 0 Å². The van der Waals surface area contributed by atoms with E-state index in [1.165, 1.54) is 6.26 Å². The maximum absolute atomic E-state index is 11.8. The molecule has 2 rings (SSSR count). The van der Waals surface area contributed by atoms with Crippen LogP contribution >= 0.6 is 11.8 Å². The Morgan fingerprint density at radius 3 is 2.95 bits per heavy atom. The molecule has 0 radical (unpaired) electrons. The highest BCUT2D eigenvalue weighted by Crippen LogP contribution is 2.14. The first kappa shape index (κ1) is 15.6. The van der Waals surface area contributed by atoms with Crippen molar-refractivity contribution >= 4 is 17.7 Å². The lowest BCUT2D eigenvalue weighted by atomic mass is 10.2. The molecule has 0 saturated carbocycles. The minimum absolute atomic E-state index is 0.0982. The van der Waals surface area contributed by atoms with Crippen LogP contribution in [0, 0.1) is 0 Å². The summed E-state index contributed by atoms with van der Waals surface area (Å²) >= 11 is 1.66. The van der Waals surface area contributed by atoms with Gasteiger partial charge in [-0.25, -0.2) is 0 Å². The molecule has 0 bridgehead atoms. The Balaban J connectivity index is 1.67. The second kappa shape index (κ2) is 8.49. The Morgan fingerprint density at radius 2 is 2.29 bits per heavy atom. The molecule has 21 heavy (non-hydrogen) atoms. The predicted octanol–water partition coefficient (Wildman–Crippen LogP) is 2.15. The molecule has 2 aromatic heterocycles. The van der Waals surface area contributed by atoms with Crippen molar-refractivity contribution < 1.29 is 14.3 Å². The lowest BCUT2D eigenvalue weighted by molar-refractivity contribution is -0.121. The number of nitrogens with zero attached hydrogens (tertiary/aromatic N) is 1. The third kappa shape index (κ3) is 5.24. The van der Waals surface area contributed by atoms with E-state index in [2.05, 4.69) is 10.3 Å². The first-order chi connectivity index (χ1) is 10.3. The zero-order valence-electron chi connectivity index (χ0n) is 11.6. The van der Waals surface area contributed by atoms with Gasteiger partial charge in [0.2, 0.25) is 5.91 Å². The van der Waals surface area contributed by atoms with Crippen molar-refractivity contribution in [1.82, 2.24) is 10.3 Å². The molecule has 5 nitrogen and oxygen atoms in total. The summed E-state index contributed by atoms with van der Waals surface area (Å²) in [4.78, 5) is 16.1. The molecule has 0 aliphatic rings. The summed E-state index contributed by atoms with van der Waals surface area (Å²) in [6.07, 6.45) is 3.68. The van der Waals surface area contributed by atoms with E-state index in [9.17, 15) is 9.90 Å². The molecule has 0 aromatic carbocycles. The Labute approximate surface area is 127 Å². The Kier molecular flexibility index (Phi) is 6.30. The first-order valence-corrected chi connectivity index (χ1v) is 7.86. The van der Waals surface area contributed by atoms with Gasteiger partial charge in [-0.15, -0.1) is 0 Å². The van der Waals surface area contributed by atoms with Gasteiger partial charge in [-0.1, -0.05) is 6.07 Å². The average molecular weight is 306 g/mol. The van der Waals surface area contributed by atoms with Crippen LogP contribution in [0.1, 0.15) is 23.9 Å². The molecule has 2 N–H and O–H groups in total. The molecular formula is C15H18N2O3S. The number of nitrogens with one attached hydrogen (secondary N) is 1. The lowest BCUT2D eigenvalue weighted by Crippen LogP contribution is -2.30. The van der Waals surface area contributed by atoms with Crippen LogP contribution in [0.5, 0.6) is 0 Å². The molecule has 0 saturated heterocycles. The van der Waals surface area contributed by atoms with Crippen molar-refractivity contribution in [2.24, 2.45) is 0 Å². The SMILES string of the molecule is O=C(CCSCc1ccccn1)NC(CO)c1ccco1. The van der Waals surface area contributed by atoms with Gasteiger partial charge in [0.15, 0.2) is 0 Å². The van der Waals surface area contributed by atoms with Crippen molar-refractivity contribution in [2.45, 2.75) is 18.2 Å². The van der Waals surface area contributed by atoms with Crippen molar-refractivity contribution in [2.75, 3.05) is 12.4 Å². The van der Waals surface area contributed by atoms with Crippen LogP contribution in [0.4, 0.5) is 0 Å². The highest BCUT2D eigenvalue weighted by Gasteiger charge is 2.15. The van der Waals surface area contributed by atoms with Crippen LogP contribution in [-0.4, -0.2) is 28.4 Å². The molecule has 112 valence electrons. The largest absolute Gasteiger partial charge is 0.467 e. The Morgan fingerprint density at radius 1 is 1.38 bits per heavy atom. The van der Waals surface area contributed by atoms with Crippen LogP contribution < -0.4 is 5.32 Å². The average Bonchev–Trinajstić information content (AvgIpc) is 3.04. The number of carbonyl (C=O) groups is 1. The summed E-state index contributed by atoms with van der Waals surface area (Å²) in [6, 6.07) is 8.78. The fourth-order valence-corrected chi connectivity index (χ4v) is 2.64. The fourth-order valence-electron chi connectivity index (χ4n) is 1.79. The molecule has 0 aliphatic carbocycles. The molecule has 1 amide bonds. The second-order valence-corrected chi connectivity index (χ2v) is 5.55. The monoisotopic (exact) mass is 306 g/mol. The normalized spacial score (nSPS) is 12.0. The van der Waals surface area contributed by atoms with E-state index in [1.807, 2.05) is 18.2 Å². The maximum Gasteiger partial charge on any atom is 0.221 e. The second-order valence-electron chi connectivity index (χ2n) is 4.44. The molecule has 1 atom stereocenters. The molecule has 2 heterocycles. The molecule has 1 unspecified atom stereocenters. The van der Waals surface area contributed by atoms with Gasteiger partial charge in [0.1, 0.15) is 11.8 Å². The minimum atomic E-state index is -0.478. The number of furan rings is 1. The zero-order chi connectivity index (χ0) is 14.9. The quantitative estimate of drug-likeness (QED) is 0.731. The number of hydrogen-bond donors (Lipinski definition) is 2. The summed E-state index contributed by atoms with van der Waals surface area (Å²) in [5.41, 5.74) is 1.01. The van der Waals surface area contributed by atoms with E-state index >= 15 is 0 Å². The van der Waals surface area contributed by atoms with E-state index in [0.29, 0.717) is 17.9 Å². The zero-order valence-corrected chi connectivity index (χ0v) is 12.4. The molecule has 0 aliphatic heterocycles. The van der Waals surface area contributed by atoms with Gasteiger partial charge in [-0.05, 0) is 24.3 Å². The fraction of sp³-hybridized carbons (Fsp3) is 0.333. The Bertz CT molecular complexity index is 531. The number of amides is 1. The van der Waals surface area contributed by atoms with Crippen LogP contribution in [0.3, 0.4) is 0 Å². The number of hydrogen-bond acceptors (Lipinski definition) is 5. The predicted molar refractivity (Wildman–Crippen MR) is 81.7 cm³/mol. The van der Waals surface area contributed by atoms with E-state index in [-0.39, 0.29) is 12.5 Å². The van der Waals surface area contributed by atoms with Gasteiger partial charge >= 0.3 is 0 Å². The highest BCUT2D eigenvalue weighted by atomic mass is 32.2. The number of rotatable bonds is 8. The number of carbonyl (C=O) groups excluding carboxylic acids is 1. The van der Waals surface area contributed by atoms with Gasteiger partial charge < -0.3 is 14.8 Å². The van der Waals surface area contributed by atoms with Crippen molar-refractivity contribution in [3.63, 3.8) is 0 Å².